The zero-order chi connectivity index (χ0) is 13.2. The van der Waals surface area contributed by atoms with Crippen molar-refractivity contribution in [1.29, 1.82) is 0 Å². The fourth-order valence-corrected chi connectivity index (χ4v) is 2.48. The molecule has 1 N–H and O–H groups in total. The summed E-state index contributed by atoms with van der Waals surface area (Å²) in [5, 5.41) is 4.90. The summed E-state index contributed by atoms with van der Waals surface area (Å²) < 4.78 is 5.15. The molecule has 0 saturated heterocycles. The molecule has 0 bridgehead atoms. The second-order valence-electron chi connectivity index (χ2n) is 4.08. The molecule has 0 radical (unpaired) electrons. The Morgan fingerprint density at radius 2 is 2.26 bits per heavy atom. The standard InChI is InChI=1S/C13H10N2O3S/c16-11(15-13-14-5-6-19-13)10-7-8-3-1-2-4-9(8)12(17)18-10/h1-6,10H,7H2,(H,14,15,16)/t10-/m0/s1. The third-order valence-electron chi connectivity index (χ3n) is 2.85. The molecule has 2 heterocycles. The molecule has 1 aliphatic heterocycles. The van der Waals surface area contributed by atoms with Gasteiger partial charge in [-0.15, -0.1) is 11.3 Å². The van der Waals surface area contributed by atoms with Gasteiger partial charge in [0, 0.05) is 18.0 Å². The molecule has 6 heteroatoms. The first kappa shape index (κ1) is 11.9. The number of hydrogen-bond acceptors (Lipinski definition) is 5. The molecule has 0 aliphatic carbocycles. The Labute approximate surface area is 113 Å². The highest BCUT2D eigenvalue weighted by atomic mass is 32.1. The molecular formula is C13H10N2O3S. The van der Waals surface area contributed by atoms with Crippen molar-refractivity contribution in [2.45, 2.75) is 12.5 Å². The van der Waals surface area contributed by atoms with Gasteiger partial charge in [0.1, 0.15) is 0 Å². The molecule has 3 rings (SSSR count). The van der Waals surface area contributed by atoms with Crippen LogP contribution in [-0.4, -0.2) is 23.0 Å². The van der Waals surface area contributed by atoms with Gasteiger partial charge in [-0.3, -0.25) is 10.1 Å². The van der Waals surface area contributed by atoms with Crippen molar-refractivity contribution < 1.29 is 14.3 Å². The van der Waals surface area contributed by atoms with Crippen LogP contribution < -0.4 is 5.32 Å². The summed E-state index contributed by atoms with van der Waals surface area (Å²) in [4.78, 5) is 27.7. The highest BCUT2D eigenvalue weighted by molar-refractivity contribution is 7.13. The number of thiazole rings is 1. The maximum atomic E-state index is 12.0. The van der Waals surface area contributed by atoms with Gasteiger partial charge in [0.05, 0.1) is 5.56 Å². The van der Waals surface area contributed by atoms with Crippen molar-refractivity contribution in [3.63, 3.8) is 0 Å². The number of cyclic esters (lactones) is 1. The average molecular weight is 274 g/mol. The third-order valence-corrected chi connectivity index (χ3v) is 3.54. The lowest BCUT2D eigenvalue weighted by Gasteiger charge is -2.23. The number of benzene rings is 1. The van der Waals surface area contributed by atoms with Gasteiger partial charge in [-0.05, 0) is 11.6 Å². The first-order chi connectivity index (χ1) is 9.24. The topological polar surface area (TPSA) is 68.3 Å². The molecular weight excluding hydrogens is 264 g/mol. The Bertz CT molecular complexity index is 625. The summed E-state index contributed by atoms with van der Waals surface area (Å²) in [6, 6.07) is 7.15. The van der Waals surface area contributed by atoms with E-state index in [2.05, 4.69) is 10.3 Å². The fraction of sp³-hybridized carbons (Fsp3) is 0.154. The molecule has 19 heavy (non-hydrogen) atoms. The number of nitrogens with zero attached hydrogens (tertiary/aromatic N) is 1. The first-order valence-corrected chi connectivity index (χ1v) is 6.61. The van der Waals surface area contributed by atoms with Crippen molar-refractivity contribution in [2.75, 3.05) is 5.32 Å². The van der Waals surface area contributed by atoms with E-state index >= 15 is 0 Å². The number of rotatable bonds is 2. The quantitative estimate of drug-likeness (QED) is 0.849. The lowest BCUT2D eigenvalue weighted by Crippen LogP contribution is -2.37. The molecule has 2 aromatic rings. The summed E-state index contributed by atoms with van der Waals surface area (Å²) in [5.41, 5.74) is 1.36. The van der Waals surface area contributed by atoms with E-state index in [4.69, 9.17) is 4.74 Å². The van der Waals surface area contributed by atoms with E-state index in [9.17, 15) is 9.59 Å². The van der Waals surface area contributed by atoms with Gasteiger partial charge < -0.3 is 4.74 Å². The average Bonchev–Trinajstić information content (AvgIpc) is 2.91. The minimum Gasteiger partial charge on any atom is -0.448 e. The van der Waals surface area contributed by atoms with Crippen LogP contribution in [0.15, 0.2) is 35.8 Å². The Hall–Kier alpha value is -2.21. The summed E-state index contributed by atoms with van der Waals surface area (Å²) >= 11 is 1.32. The van der Waals surface area contributed by atoms with E-state index < -0.39 is 12.1 Å². The fourth-order valence-electron chi connectivity index (χ4n) is 1.95. The van der Waals surface area contributed by atoms with Gasteiger partial charge in [-0.2, -0.15) is 0 Å². The van der Waals surface area contributed by atoms with Gasteiger partial charge in [-0.25, -0.2) is 9.78 Å². The number of carbonyl (C=O) groups is 2. The minimum absolute atomic E-state index is 0.349. The molecule has 1 aliphatic rings. The van der Waals surface area contributed by atoms with Gasteiger partial charge in [0.15, 0.2) is 11.2 Å². The van der Waals surface area contributed by atoms with Crippen molar-refractivity contribution in [3.05, 3.63) is 47.0 Å². The molecule has 1 aromatic heterocycles. The number of fused-ring (bicyclic) bond motifs is 1. The highest BCUT2D eigenvalue weighted by Gasteiger charge is 2.31. The Kier molecular flexibility index (Phi) is 3.00. The van der Waals surface area contributed by atoms with Crippen LogP contribution in [-0.2, 0) is 16.0 Å². The molecule has 5 nitrogen and oxygen atoms in total. The Balaban J connectivity index is 1.78. The number of aromatic nitrogens is 1. The van der Waals surface area contributed by atoms with E-state index in [1.165, 1.54) is 11.3 Å². The van der Waals surface area contributed by atoms with Crippen LogP contribution in [0.4, 0.5) is 5.13 Å². The van der Waals surface area contributed by atoms with Crippen molar-refractivity contribution in [3.8, 4) is 0 Å². The van der Waals surface area contributed by atoms with Gasteiger partial charge in [-0.1, -0.05) is 18.2 Å². The first-order valence-electron chi connectivity index (χ1n) is 5.73. The number of nitrogens with one attached hydrogen (secondary N) is 1. The molecule has 1 amide bonds. The largest absolute Gasteiger partial charge is 0.448 e. The van der Waals surface area contributed by atoms with Crippen LogP contribution >= 0.6 is 11.3 Å². The van der Waals surface area contributed by atoms with E-state index in [0.717, 1.165) is 5.56 Å². The van der Waals surface area contributed by atoms with Gasteiger partial charge in [0.25, 0.3) is 5.91 Å². The SMILES string of the molecule is O=C1O[C@H](C(=O)Nc2nccs2)Cc2ccccc21. The van der Waals surface area contributed by atoms with Gasteiger partial charge in [0.2, 0.25) is 0 Å². The molecule has 0 fully saturated rings. The van der Waals surface area contributed by atoms with Crippen molar-refractivity contribution in [1.82, 2.24) is 4.98 Å². The molecule has 0 spiro atoms. The zero-order valence-corrected chi connectivity index (χ0v) is 10.6. The summed E-state index contributed by atoms with van der Waals surface area (Å²) in [5.74, 6) is -0.807. The number of hydrogen-bond donors (Lipinski definition) is 1. The number of esters is 1. The van der Waals surface area contributed by atoms with Crippen molar-refractivity contribution >= 4 is 28.3 Å². The summed E-state index contributed by atoms with van der Waals surface area (Å²) in [6.07, 6.45) is 1.19. The maximum Gasteiger partial charge on any atom is 0.339 e. The molecule has 1 aromatic carbocycles. The number of amides is 1. The zero-order valence-electron chi connectivity index (χ0n) is 9.83. The molecule has 96 valence electrons. The van der Waals surface area contributed by atoms with Crippen LogP contribution in [0.5, 0.6) is 0 Å². The highest BCUT2D eigenvalue weighted by Crippen LogP contribution is 2.21. The van der Waals surface area contributed by atoms with Crippen molar-refractivity contribution in [2.24, 2.45) is 0 Å². The molecule has 0 saturated carbocycles. The molecule has 1 atom stereocenters. The third kappa shape index (κ3) is 2.34. The van der Waals surface area contributed by atoms with E-state index in [1.54, 1.807) is 23.7 Å². The second-order valence-corrected chi connectivity index (χ2v) is 4.98. The summed E-state index contributed by atoms with van der Waals surface area (Å²) in [6.45, 7) is 0. The van der Waals surface area contributed by atoms with Gasteiger partial charge >= 0.3 is 5.97 Å². The predicted octanol–water partition coefficient (Wildman–Crippen LogP) is 1.86. The Morgan fingerprint density at radius 1 is 1.42 bits per heavy atom. The van der Waals surface area contributed by atoms with Crippen LogP contribution in [0.25, 0.3) is 0 Å². The lowest BCUT2D eigenvalue weighted by molar-refractivity contribution is -0.125. The van der Waals surface area contributed by atoms with E-state index in [-0.39, 0.29) is 5.91 Å². The molecule has 0 unspecified atom stereocenters. The Morgan fingerprint density at radius 3 is 3.05 bits per heavy atom. The van der Waals surface area contributed by atoms with E-state index in [0.29, 0.717) is 17.1 Å². The maximum absolute atomic E-state index is 12.0. The second kappa shape index (κ2) is 4.81. The van der Waals surface area contributed by atoms with E-state index in [1.807, 2.05) is 12.1 Å². The van der Waals surface area contributed by atoms with Crippen LogP contribution in [0, 0.1) is 0 Å². The monoisotopic (exact) mass is 274 g/mol. The normalized spacial score (nSPS) is 17.5. The summed E-state index contributed by atoms with van der Waals surface area (Å²) in [7, 11) is 0. The predicted molar refractivity (Wildman–Crippen MR) is 70.1 cm³/mol. The van der Waals surface area contributed by atoms with Crippen LogP contribution in [0.2, 0.25) is 0 Å². The lowest BCUT2D eigenvalue weighted by atomic mass is 9.98. The number of anilines is 1. The number of carbonyl (C=O) groups excluding carboxylic acids is 2. The van der Waals surface area contributed by atoms with Crippen LogP contribution in [0.1, 0.15) is 15.9 Å². The smallest absolute Gasteiger partial charge is 0.339 e. The van der Waals surface area contributed by atoms with Crippen LogP contribution in [0.3, 0.4) is 0 Å². The number of ether oxygens (including phenoxy) is 1. The minimum atomic E-state index is -0.800.